The summed E-state index contributed by atoms with van der Waals surface area (Å²) in [5, 5.41) is 14.3. The van der Waals surface area contributed by atoms with Crippen LogP contribution in [0.1, 0.15) is 21.5 Å². The Morgan fingerprint density at radius 1 is 0.816 bits per heavy atom. The van der Waals surface area contributed by atoms with Gasteiger partial charge < -0.3 is 29.0 Å². The average molecular weight is 521 g/mol. The van der Waals surface area contributed by atoms with Crippen LogP contribution in [0.2, 0.25) is 0 Å². The van der Waals surface area contributed by atoms with Crippen molar-refractivity contribution >= 4 is 29.3 Å². The van der Waals surface area contributed by atoms with Crippen LogP contribution in [-0.4, -0.2) is 46.3 Å². The highest BCUT2D eigenvalue weighted by molar-refractivity contribution is 6.07. The van der Waals surface area contributed by atoms with Gasteiger partial charge in [-0.3, -0.25) is 14.9 Å². The lowest BCUT2D eigenvalue weighted by atomic mass is 10.1. The van der Waals surface area contributed by atoms with Gasteiger partial charge in [0.05, 0.1) is 51.7 Å². The normalized spacial score (nSPS) is 10.9. The van der Waals surface area contributed by atoms with Crippen LogP contribution in [-0.2, 0) is 0 Å². The standard InChI is InChI=1S/C28H28N2O8/c1-34-23-13-12-19(11-10-18-16-24(35-2)27(37-4)25(17-18)36-3)26(28(23)38-5)29-15-14-22(31)20-8-6-7-9-21(20)30(32)33/h6-17,29H,1-5H3/b11-10-,15-14+. The molecule has 0 atom stereocenters. The van der Waals surface area contributed by atoms with E-state index in [2.05, 4.69) is 5.32 Å². The van der Waals surface area contributed by atoms with Crippen molar-refractivity contribution in [1.29, 1.82) is 0 Å². The van der Waals surface area contributed by atoms with Crippen LogP contribution in [0.3, 0.4) is 0 Å². The minimum absolute atomic E-state index is 0.0179. The summed E-state index contributed by atoms with van der Waals surface area (Å²) < 4.78 is 27.2. The van der Waals surface area contributed by atoms with E-state index in [1.807, 2.05) is 18.2 Å². The quantitative estimate of drug-likeness (QED) is 0.107. The molecule has 0 fully saturated rings. The molecule has 0 radical (unpaired) electrons. The van der Waals surface area contributed by atoms with Crippen molar-refractivity contribution < 1.29 is 33.4 Å². The summed E-state index contributed by atoms with van der Waals surface area (Å²) in [6, 6.07) is 12.9. The monoisotopic (exact) mass is 520 g/mol. The van der Waals surface area contributed by atoms with Gasteiger partial charge in [0.2, 0.25) is 5.75 Å². The number of benzene rings is 3. The summed E-state index contributed by atoms with van der Waals surface area (Å²) >= 11 is 0. The lowest BCUT2D eigenvalue weighted by Gasteiger charge is -2.15. The van der Waals surface area contributed by atoms with Gasteiger partial charge in [-0.05, 0) is 35.9 Å². The highest BCUT2D eigenvalue weighted by Gasteiger charge is 2.18. The molecule has 0 heterocycles. The van der Waals surface area contributed by atoms with E-state index in [-0.39, 0.29) is 11.3 Å². The summed E-state index contributed by atoms with van der Waals surface area (Å²) in [5.74, 6) is 1.85. The SMILES string of the molecule is COc1cc(/C=C\c2ccc(OC)c(OC)c2N/C=C/C(=O)c2ccccc2[N+](=O)[O-])cc(OC)c1OC. The number of nitrogens with one attached hydrogen (secondary N) is 1. The van der Waals surface area contributed by atoms with Gasteiger partial charge in [0.15, 0.2) is 28.8 Å². The zero-order valence-corrected chi connectivity index (χ0v) is 21.6. The van der Waals surface area contributed by atoms with E-state index in [4.69, 9.17) is 23.7 Å². The largest absolute Gasteiger partial charge is 0.493 e. The zero-order chi connectivity index (χ0) is 27.7. The molecule has 0 amide bonds. The number of allylic oxidation sites excluding steroid dienone is 1. The summed E-state index contributed by atoms with van der Waals surface area (Å²) in [6.45, 7) is 0. The van der Waals surface area contributed by atoms with E-state index in [0.29, 0.717) is 40.0 Å². The molecule has 3 rings (SSSR count). The second kappa shape index (κ2) is 12.8. The fraction of sp³-hybridized carbons (Fsp3) is 0.179. The first-order valence-corrected chi connectivity index (χ1v) is 11.3. The lowest BCUT2D eigenvalue weighted by molar-refractivity contribution is -0.385. The maximum Gasteiger partial charge on any atom is 0.280 e. The lowest BCUT2D eigenvalue weighted by Crippen LogP contribution is -2.03. The number of methoxy groups -OCH3 is 5. The van der Waals surface area contributed by atoms with Gasteiger partial charge >= 0.3 is 0 Å². The van der Waals surface area contributed by atoms with E-state index in [0.717, 1.165) is 5.56 Å². The van der Waals surface area contributed by atoms with Crippen LogP contribution in [0.4, 0.5) is 11.4 Å². The van der Waals surface area contributed by atoms with Crippen LogP contribution < -0.4 is 29.0 Å². The molecule has 3 aromatic rings. The molecular formula is C28H28N2O8. The molecule has 3 aromatic carbocycles. The number of rotatable bonds is 12. The van der Waals surface area contributed by atoms with Gasteiger partial charge in [-0.1, -0.05) is 24.3 Å². The van der Waals surface area contributed by atoms with E-state index in [1.54, 1.807) is 38.5 Å². The summed E-state index contributed by atoms with van der Waals surface area (Å²) in [5.41, 5.74) is 1.72. The number of carbonyl (C=O) groups excluding carboxylic acids is 1. The third-order valence-corrected chi connectivity index (χ3v) is 5.55. The van der Waals surface area contributed by atoms with Gasteiger partial charge in [-0.25, -0.2) is 0 Å². The van der Waals surface area contributed by atoms with E-state index >= 15 is 0 Å². The van der Waals surface area contributed by atoms with E-state index < -0.39 is 10.7 Å². The van der Waals surface area contributed by atoms with Gasteiger partial charge in [0.1, 0.15) is 0 Å². The molecular weight excluding hydrogens is 492 g/mol. The number of nitro groups is 1. The minimum Gasteiger partial charge on any atom is -0.493 e. The van der Waals surface area contributed by atoms with Crippen molar-refractivity contribution in [2.75, 3.05) is 40.9 Å². The average Bonchev–Trinajstić information content (AvgIpc) is 2.95. The second-order valence-corrected chi connectivity index (χ2v) is 7.67. The number of para-hydroxylation sites is 1. The maximum atomic E-state index is 12.7. The van der Waals surface area contributed by atoms with Gasteiger partial charge in [0.25, 0.3) is 5.69 Å². The summed E-state index contributed by atoms with van der Waals surface area (Å²) in [6.07, 6.45) is 6.29. The van der Waals surface area contributed by atoms with Gasteiger partial charge in [0, 0.05) is 23.9 Å². The summed E-state index contributed by atoms with van der Waals surface area (Å²) in [7, 11) is 7.63. The third kappa shape index (κ3) is 6.04. The van der Waals surface area contributed by atoms with Crippen LogP contribution in [0, 0.1) is 10.1 Å². The molecule has 0 unspecified atom stereocenters. The Bertz CT molecular complexity index is 1360. The highest BCUT2D eigenvalue weighted by Crippen LogP contribution is 2.41. The molecule has 0 bridgehead atoms. The first-order valence-electron chi connectivity index (χ1n) is 11.3. The first kappa shape index (κ1) is 27.6. The number of nitrogens with zero attached hydrogens (tertiary/aromatic N) is 1. The number of ketones is 1. The second-order valence-electron chi connectivity index (χ2n) is 7.67. The van der Waals surface area contributed by atoms with Crippen LogP contribution in [0.25, 0.3) is 12.2 Å². The van der Waals surface area contributed by atoms with Crippen molar-refractivity contribution in [2.45, 2.75) is 0 Å². The van der Waals surface area contributed by atoms with Crippen molar-refractivity contribution in [3.63, 3.8) is 0 Å². The van der Waals surface area contributed by atoms with E-state index in [1.165, 1.54) is 51.8 Å². The van der Waals surface area contributed by atoms with Crippen LogP contribution in [0.5, 0.6) is 28.7 Å². The predicted molar refractivity (Wildman–Crippen MR) is 145 cm³/mol. The minimum atomic E-state index is -0.592. The number of anilines is 1. The smallest absolute Gasteiger partial charge is 0.280 e. The molecule has 0 spiro atoms. The van der Waals surface area contributed by atoms with Gasteiger partial charge in [-0.2, -0.15) is 0 Å². The Balaban J connectivity index is 1.98. The number of hydrogen-bond acceptors (Lipinski definition) is 9. The molecule has 0 aliphatic heterocycles. The van der Waals surface area contributed by atoms with Crippen molar-refractivity contribution in [3.05, 3.63) is 87.6 Å². The van der Waals surface area contributed by atoms with Crippen molar-refractivity contribution in [3.8, 4) is 28.7 Å². The molecule has 0 saturated heterocycles. The third-order valence-electron chi connectivity index (χ3n) is 5.55. The molecule has 38 heavy (non-hydrogen) atoms. The maximum absolute atomic E-state index is 12.7. The van der Waals surface area contributed by atoms with Crippen molar-refractivity contribution in [2.24, 2.45) is 0 Å². The Hall–Kier alpha value is -4.99. The zero-order valence-electron chi connectivity index (χ0n) is 21.6. The molecule has 0 aliphatic carbocycles. The Labute approximate surface area is 220 Å². The Kier molecular flexibility index (Phi) is 9.31. The van der Waals surface area contributed by atoms with Crippen LogP contribution in [0.15, 0.2) is 60.8 Å². The van der Waals surface area contributed by atoms with E-state index in [9.17, 15) is 14.9 Å². The fourth-order valence-electron chi connectivity index (χ4n) is 3.75. The Morgan fingerprint density at radius 2 is 1.45 bits per heavy atom. The van der Waals surface area contributed by atoms with Gasteiger partial charge in [-0.15, -0.1) is 0 Å². The molecule has 0 saturated carbocycles. The number of ether oxygens (including phenoxy) is 5. The first-order chi connectivity index (χ1) is 18.4. The van der Waals surface area contributed by atoms with Crippen molar-refractivity contribution in [1.82, 2.24) is 0 Å². The predicted octanol–water partition coefficient (Wildman–Crippen LogP) is 5.62. The Morgan fingerprint density at radius 3 is 2.03 bits per heavy atom. The number of hydrogen-bond donors (Lipinski definition) is 1. The molecule has 0 aromatic heterocycles. The molecule has 1 N–H and O–H groups in total. The highest BCUT2D eigenvalue weighted by atomic mass is 16.6. The topological polar surface area (TPSA) is 118 Å². The van der Waals surface area contributed by atoms with Crippen LogP contribution >= 0.6 is 0 Å². The number of nitro benzene ring substituents is 1. The molecule has 10 heteroatoms. The molecule has 10 nitrogen and oxygen atoms in total. The number of carbonyl (C=O) groups is 1. The summed E-state index contributed by atoms with van der Waals surface area (Å²) in [4.78, 5) is 23.4. The molecule has 0 aliphatic rings. The molecule has 198 valence electrons. The fourth-order valence-corrected chi connectivity index (χ4v) is 3.75.